The largest absolute Gasteiger partial charge is 0.309 e. The molecule has 0 heterocycles. The molecule has 0 radical (unpaired) electrons. The molecule has 0 saturated carbocycles. The molecular weight excluding hydrogens is 234 g/mol. The average Bonchev–Trinajstić information content (AvgIpc) is 2.42. The molecule has 0 spiro atoms. The highest BCUT2D eigenvalue weighted by Gasteiger charge is 2.27. The van der Waals surface area contributed by atoms with Crippen molar-refractivity contribution >= 4 is 5.78 Å². The third-order valence-electron chi connectivity index (χ3n) is 3.71. The van der Waals surface area contributed by atoms with Crippen LogP contribution in [0, 0.1) is 11.8 Å². The number of carbonyl (C=O) groups excluding carboxylic acids is 1. The Bertz CT molecular complexity index is 372. The highest BCUT2D eigenvalue weighted by atomic mass is 16.1. The molecule has 0 bridgehead atoms. The van der Waals surface area contributed by atoms with Crippen molar-refractivity contribution in [3.63, 3.8) is 0 Å². The summed E-state index contributed by atoms with van der Waals surface area (Å²) in [5, 5.41) is 0. The second kappa shape index (κ2) is 8.11. The van der Waals surface area contributed by atoms with Gasteiger partial charge in [0.2, 0.25) is 0 Å². The van der Waals surface area contributed by atoms with Crippen molar-refractivity contribution in [2.45, 2.75) is 33.1 Å². The quantitative estimate of drug-likeness (QED) is 0.662. The minimum absolute atomic E-state index is 0.113. The van der Waals surface area contributed by atoms with Gasteiger partial charge in [-0.3, -0.25) is 4.79 Å². The first-order chi connectivity index (χ1) is 9.10. The molecule has 1 aromatic rings. The number of nitrogens with zero attached hydrogens (tertiary/aromatic N) is 1. The maximum Gasteiger partial charge on any atom is 0.167 e. The minimum atomic E-state index is 0.113. The number of ketones is 1. The molecule has 19 heavy (non-hydrogen) atoms. The molecule has 0 aromatic heterocycles. The van der Waals surface area contributed by atoms with E-state index >= 15 is 0 Å². The first kappa shape index (κ1) is 15.9. The van der Waals surface area contributed by atoms with Crippen LogP contribution in [-0.2, 0) is 0 Å². The van der Waals surface area contributed by atoms with Crippen LogP contribution in [0.4, 0.5) is 0 Å². The van der Waals surface area contributed by atoms with Gasteiger partial charge in [-0.15, -0.1) is 0 Å². The third-order valence-corrected chi connectivity index (χ3v) is 3.71. The van der Waals surface area contributed by atoms with E-state index in [1.807, 2.05) is 44.4 Å². The van der Waals surface area contributed by atoms with Crippen molar-refractivity contribution in [2.75, 3.05) is 20.6 Å². The second-order valence-corrected chi connectivity index (χ2v) is 5.56. The predicted molar refractivity (Wildman–Crippen MR) is 81.5 cm³/mol. The van der Waals surface area contributed by atoms with E-state index in [2.05, 4.69) is 18.7 Å². The Morgan fingerprint density at radius 2 is 1.79 bits per heavy atom. The van der Waals surface area contributed by atoms with Gasteiger partial charge in [-0.1, -0.05) is 57.0 Å². The fraction of sp³-hybridized carbons (Fsp3) is 0.588. The summed E-state index contributed by atoms with van der Waals surface area (Å²) in [5.41, 5.74) is 0.851. The number of benzene rings is 1. The lowest BCUT2D eigenvalue weighted by atomic mass is 9.81. The van der Waals surface area contributed by atoms with Crippen LogP contribution in [0.5, 0.6) is 0 Å². The highest BCUT2D eigenvalue weighted by Crippen LogP contribution is 2.25. The zero-order valence-electron chi connectivity index (χ0n) is 12.7. The van der Waals surface area contributed by atoms with Crippen molar-refractivity contribution in [3.8, 4) is 0 Å². The first-order valence-corrected chi connectivity index (χ1v) is 7.34. The van der Waals surface area contributed by atoms with Gasteiger partial charge in [0.25, 0.3) is 0 Å². The Labute approximate surface area is 117 Å². The van der Waals surface area contributed by atoms with Crippen LogP contribution in [-0.4, -0.2) is 31.3 Å². The summed E-state index contributed by atoms with van der Waals surface area (Å²) in [7, 11) is 4.09. The normalized spacial score (nSPS) is 14.4. The van der Waals surface area contributed by atoms with Crippen molar-refractivity contribution < 1.29 is 4.79 Å². The molecule has 106 valence electrons. The molecule has 0 aliphatic heterocycles. The lowest BCUT2D eigenvalue weighted by Crippen LogP contribution is -2.33. The van der Waals surface area contributed by atoms with Crippen molar-refractivity contribution in [1.29, 1.82) is 0 Å². The molecule has 0 aliphatic rings. The van der Waals surface area contributed by atoms with E-state index < -0.39 is 0 Å². The van der Waals surface area contributed by atoms with Crippen molar-refractivity contribution in [2.24, 2.45) is 11.8 Å². The first-order valence-electron chi connectivity index (χ1n) is 7.34. The fourth-order valence-corrected chi connectivity index (χ4v) is 2.72. The Hall–Kier alpha value is -1.15. The maximum absolute atomic E-state index is 12.7. The van der Waals surface area contributed by atoms with Crippen LogP contribution in [0.15, 0.2) is 30.3 Å². The average molecular weight is 261 g/mol. The lowest BCUT2D eigenvalue weighted by Gasteiger charge is -2.27. The predicted octanol–water partition coefficient (Wildman–Crippen LogP) is 3.87. The van der Waals surface area contributed by atoms with Gasteiger partial charge in [-0.05, 0) is 26.4 Å². The molecule has 1 aromatic carbocycles. The summed E-state index contributed by atoms with van der Waals surface area (Å²) < 4.78 is 0. The van der Waals surface area contributed by atoms with Crippen LogP contribution in [0.25, 0.3) is 0 Å². The van der Waals surface area contributed by atoms with E-state index in [4.69, 9.17) is 0 Å². The standard InChI is InChI=1S/C17H27NO/c1-5-10-14(6-2)16(13-18(3)4)17(19)15-11-8-7-9-12-15/h7-9,11-12,14,16H,5-6,10,13H2,1-4H3. The van der Waals surface area contributed by atoms with Gasteiger partial charge in [0.15, 0.2) is 5.78 Å². The molecule has 2 heteroatoms. The minimum Gasteiger partial charge on any atom is -0.309 e. The fourth-order valence-electron chi connectivity index (χ4n) is 2.72. The summed E-state index contributed by atoms with van der Waals surface area (Å²) >= 11 is 0. The van der Waals surface area contributed by atoms with Gasteiger partial charge in [-0.25, -0.2) is 0 Å². The van der Waals surface area contributed by atoms with E-state index in [-0.39, 0.29) is 5.92 Å². The molecule has 1 rings (SSSR count). The lowest BCUT2D eigenvalue weighted by molar-refractivity contribution is 0.0827. The number of carbonyl (C=O) groups is 1. The smallest absolute Gasteiger partial charge is 0.167 e. The van der Waals surface area contributed by atoms with Crippen LogP contribution >= 0.6 is 0 Å². The van der Waals surface area contributed by atoms with E-state index in [0.717, 1.165) is 31.4 Å². The van der Waals surface area contributed by atoms with Crippen LogP contribution in [0.1, 0.15) is 43.5 Å². The molecule has 2 unspecified atom stereocenters. The number of rotatable bonds is 8. The van der Waals surface area contributed by atoms with Crippen LogP contribution in [0.3, 0.4) is 0 Å². The third kappa shape index (κ3) is 4.79. The van der Waals surface area contributed by atoms with Crippen molar-refractivity contribution in [1.82, 2.24) is 4.90 Å². The molecular formula is C17H27NO. The summed E-state index contributed by atoms with van der Waals surface area (Å²) in [6.45, 7) is 5.23. The van der Waals surface area contributed by atoms with Crippen molar-refractivity contribution in [3.05, 3.63) is 35.9 Å². The Morgan fingerprint density at radius 3 is 2.26 bits per heavy atom. The molecule has 0 N–H and O–H groups in total. The van der Waals surface area contributed by atoms with Gasteiger partial charge < -0.3 is 4.90 Å². The van der Waals surface area contributed by atoms with E-state index in [1.54, 1.807) is 0 Å². The Balaban J connectivity index is 2.92. The highest BCUT2D eigenvalue weighted by molar-refractivity contribution is 5.98. The second-order valence-electron chi connectivity index (χ2n) is 5.56. The molecule has 0 saturated heterocycles. The Morgan fingerprint density at radius 1 is 1.16 bits per heavy atom. The van der Waals surface area contributed by atoms with Crippen LogP contribution in [0.2, 0.25) is 0 Å². The number of hydrogen-bond donors (Lipinski definition) is 0. The van der Waals surface area contributed by atoms with Gasteiger partial charge in [0, 0.05) is 18.0 Å². The molecule has 2 nitrogen and oxygen atoms in total. The van der Waals surface area contributed by atoms with E-state index in [1.165, 1.54) is 0 Å². The van der Waals surface area contributed by atoms with E-state index in [0.29, 0.717) is 11.7 Å². The summed E-state index contributed by atoms with van der Waals surface area (Å²) in [5.74, 6) is 0.900. The summed E-state index contributed by atoms with van der Waals surface area (Å²) in [4.78, 5) is 14.9. The summed E-state index contributed by atoms with van der Waals surface area (Å²) in [6, 6.07) is 9.72. The zero-order chi connectivity index (χ0) is 14.3. The SMILES string of the molecule is CCCC(CC)C(CN(C)C)C(=O)c1ccccc1. The monoisotopic (exact) mass is 261 g/mol. The van der Waals surface area contributed by atoms with Gasteiger partial charge in [0.05, 0.1) is 0 Å². The van der Waals surface area contributed by atoms with Gasteiger partial charge in [-0.2, -0.15) is 0 Å². The molecule has 0 amide bonds. The molecule has 2 atom stereocenters. The number of Topliss-reactive ketones (excluding diaryl/α,β-unsaturated/α-hetero) is 1. The molecule has 0 fully saturated rings. The zero-order valence-corrected chi connectivity index (χ0v) is 12.7. The maximum atomic E-state index is 12.7. The van der Waals surface area contributed by atoms with Crippen LogP contribution < -0.4 is 0 Å². The van der Waals surface area contributed by atoms with Gasteiger partial charge in [0.1, 0.15) is 0 Å². The molecule has 0 aliphatic carbocycles. The topological polar surface area (TPSA) is 20.3 Å². The van der Waals surface area contributed by atoms with E-state index in [9.17, 15) is 4.79 Å². The summed E-state index contributed by atoms with van der Waals surface area (Å²) in [6.07, 6.45) is 3.35. The Kier molecular flexibility index (Phi) is 6.79. The number of hydrogen-bond acceptors (Lipinski definition) is 2. The van der Waals surface area contributed by atoms with Gasteiger partial charge >= 0.3 is 0 Å².